The van der Waals surface area contributed by atoms with Gasteiger partial charge in [0, 0.05) is 16.6 Å². The summed E-state index contributed by atoms with van der Waals surface area (Å²) in [4.78, 5) is 17.5. The molecule has 0 aliphatic heterocycles. The van der Waals surface area contributed by atoms with Crippen LogP contribution in [-0.2, 0) is 13.1 Å². The fourth-order valence-corrected chi connectivity index (χ4v) is 3.38. The average Bonchev–Trinajstić information content (AvgIpc) is 2.64. The number of hydrogen-bond acceptors (Lipinski definition) is 3. The minimum absolute atomic E-state index is 0.168. The molecule has 25 heavy (non-hydrogen) atoms. The third-order valence-corrected chi connectivity index (χ3v) is 5.51. The van der Waals surface area contributed by atoms with Crippen molar-refractivity contribution in [2.24, 2.45) is 4.99 Å². The van der Waals surface area contributed by atoms with Gasteiger partial charge in [-0.25, -0.2) is 0 Å². The van der Waals surface area contributed by atoms with E-state index in [0.29, 0.717) is 6.67 Å². The highest BCUT2D eigenvalue weighted by Crippen LogP contribution is 2.19. The molecule has 3 nitrogen and oxygen atoms in total. The lowest BCUT2D eigenvalue weighted by molar-refractivity contribution is 0.607. The molecule has 136 valence electrons. The maximum absolute atomic E-state index is 12.8. The van der Waals surface area contributed by atoms with Crippen LogP contribution < -0.4 is 5.43 Å². The van der Waals surface area contributed by atoms with E-state index < -0.39 is 0 Å². The van der Waals surface area contributed by atoms with Crippen molar-refractivity contribution in [2.75, 3.05) is 6.26 Å². The Kier molecular flexibility index (Phi) is 7.76. The first kappa shape index (κ1) is 19.8. The highest BCUT2D eigenvalue weighted by molar-refractivity contribution is 8.13. The summed E-state index contributed by atoms with van der Waals surface area (Å²) in [5.74, 6) is 0. The van der Waals surface area contributed by atoms with E-state index in [1.807, 2.05) is 44.4 Å². The fraction of sp³-hybridized carbons (Fsp3) is 0.524. The molecular formula is C21H30N2OS. The van der Waals surface area contributed by atoms with Gasteiger partial charge in [0.05, 0.1) is 10.6 Å². The number of nitrogens with zero attached hydrogens (tertiary/aromatic N) is 2. The topological polar surface area (TPSA) is 34.4 Å². The van der Waals surface area contributed by atoms with Gasteiger partial charge >= 0.3 is 0 Å². The zero-order chi connectivity index (χ0) is 18.2. The summed E-state index contributed by atoms with van der Waals surface area (Å²) in [7, 11) is 0. The Morgan fingerprint density at radius 1 is 1.16 bits per heavy atom. The lowest BCUT2D eigenvalue weighted by Crippen LogP contribution is -2.19. The maximum atomic E-state index is 12.8. The molecule has 0 unspecified atom stereocenters. The SMILES string of the molecule is CCCCCCCc1c(C)c(=O)c2ccccc2n1C/N=C(\C)SC. The van der Waals surface area contributed by atoms with Crippen molar-refractivity contribution in [3.05, 3.63) is 45.7 Å². The van der Waals surface area contributed by atoms with E-state index in [9.17, 15) is 4.79 Å². The molecule has 0 radical (unpaired) electrons. The molecule has 0 N–H and O–H groups in total. The zero-order valence-electron chi connectivity index (χ0n) is 16.0. The zero-order valence-corrected chi connectivity index (χ0v) is 16.8. The van der Waals surface area contributed by atoms with Gasteiger partial charge in [0.15, 0.2) is 5.43 Å². The number of thioether (sulfide) groups is 1. The highest BCUT2D eigenvalue weighted by Gasteiger charge is 2.13. The van der Waals surface area contributed by atoms with Crippen LogP contribution in [0.5, 0.6) is 0 Å². The molecule has 4 heteroatoms. The third-order valence-electron chi connectivity index (χ3n) is 4.79. The Morgan fingerprint density at radius 3 is 2.60 bits per heavy atom. The minimum Gasteiger partial charge on any atom is -0.324 e. The largest absolute Gasteiger partial charge is 0.324 e. The molecule has 0 bridgehead atoms. The van der Waals surface area contributed by atoms with Crippen LogP contribution in [0.4, 0.5) is 0 Å². The van der Waals surface area contributed by atoms with Gasteiger partial charge in [-0.05, 0) is 45.1 Å². The molecule has 0 aliphatic rings. The molecule has 0 saturated heterocycles. The Balaban J connectivity index is 2.42. The molecule has 0 atom stereocenters. The van der Waals surface area contributed by atoms with Gasteiger partial charge in [-0.3, -0.25) is 9.79 Å². The monoisotopic (exact) mass is 358 g/mol. The van der Waals surface area contributed by atoms with Crippen LogP contribution in [0.15, 0.2) is 34.1 Å². The van der Waals surface area contributed by atoms with Gasteiger partial charge < -0.3 is 4.57 Å². The molecule has 0 aliphatic carbocycles. The maximum Gasteiger partial charge on any atom is 0.192 e. The molecule has 0 amide bonds. The molecule has 1 heterocycles. The van der Waals surface area contributed by atoms with Crippen LogP contribution in [0.25, 0.3) is 10.9 Å². The van der Waals surface area contributed by atoms with Gasteiger partial charge in [0.1, 0.15) is 6.67 Å². The summed E-state index contributed by atoms with van der Waals surface area (Å²) >= 11 is 1.66. The molecule has 0 saturated carbocycles. The van der Waals surface area contributed by atoms with Gasteiger partial charge in [-0.2, -0.15) is 0 Å². The Bertz CT molecular complexity index is 792. The predicted molar refractivity (Wildman–Crippen MR) is 112 cm³/mol. The van der Waals surface area contributed by atoms with Crippen molar-refractivity contribution in [3.8, 4) is 0 Å². The Labute approximate surface area is 155 Å². The number of aliphatic imine (C=N–C) groups is 1. The highest BCUT2D eigenvalue weighted by atomic mass is 32.2. The molecule has 2 rings (SSSR count). The quantitative estimate of drug-likeness (QED) is 0.352. The normalized spacial score (nSPS) is 12.1. The summed E-state index contributed by atoms with van der Waals surface area (Å²) in [6.45, 7) is 6.82. The van der Waals surface area contributed by atoms with Gasteiger partial charge in [0.2, 0.25) is 0 Å². The second kappa shape index (κ2) is 9.81. The average molecular weight is 359 g/mol. The molecule has 0 fully saturated rings. The predicted octanol–water partition coefficient (Wildman–Crippen LogP) is 5.56. The summed E-state index contributed by atoms with van der Waals surface area (Å²) in [5.41, 5.74) is 3.20. The third kappa shape index (κ3) is 4.97. The van der Waals surface area contributed by atoms with E-state index in [0.717, 1.165) is 40.0 Å². The Morgan fingerprint density at radius 2 is 1.88 bits per heavy atom. The lowest BCUT2D eigenvalue weighted by Gasteiger charge is -2.18. The van der Waals surface area contributed by atoms with E-state index in [1.54, 1.807) is 11.8 Å². The molecule has 0 spiro atoms. The number of aromatic nitrogens is 1. The van der Waals surface area contributed by atoms with E-state index in [4.69, 9.17) is 4.99 Å². The van der Waals surface area contributed by atoms with Crippen molar-refractivity contribution in [1.29, 1.82) is 0 Å². The summed E-state index contributed by atoms with van der Waals surface area (Å²) in [6, 6.07) is 7.91. The van der Waals surface area contributed by atoms with E-state index in [2.05, 4.69) is 11.5 Å². The van der Waals surface area contributed by atoms with Crippen molar-refractivity contribution < 1.29 is 0 Å². The first-order valence-electron chi connectivity index (χ1n) is 9.26. The van der Waals surface area contributed by atoms with Crippen LogP contribution in [0.3, 0.4) is 0 Å². The van der Waals surface area contributed by atoms with Gasteiger partial charge in [-0.1, -0.05) is 44.7 Å². The number of para-hydroxylation sites is 1. The number of hydrogen-bond donors (Lipinski definition) is 0. The summed E-state index contributed by atoms with van der Waals surface area (Å²) in [6.07, 6.45) is 9.16. The summed E-state index contributed by atoms with van der Waals surface area (Å²) in [5, 5.41) is 1.86. The van der Waals surface area contributed by atoms with E-state index in [-0.39, 0.29) is 5.43 Å². The van der Waals surface area contributed by atoms with Crippen LogP contribution >= 0.6 is 11.8 Å². The first-order valence-corrected chi connectivity index (χ1v) is 10.5. The minimum atomic E-state index is 0.168. The van der Waals surface area contributed by atoms with Crippen molar-refractivity contribution in [1.82, 2.24) is 4.57 Å². The van der Waals surface area contributed by atoms with Crippen LogP contribution in [0.1, 0.15) is 57.2 Å². The first-order chi connectivity index (χ1) is 12.1. The van der Waals surface area contributed by atoms with E-state index >= 15 is 0 Å². The Hall–Kier alpha value is -1.55. The van der Waals surface area contributed by atoms with Gasteiger partial charge in [0.25, 0.3) is 0 Å². The second-order valence-corrected chi connectivity index (χ2v) is 7.53. The molecular weight excluding hydrogens is 328 g/mol. The van der Waals surface area contributed by atoms with Crippen molar-refractivity contribution >= 4 is 27.7 Å². The number of fused-ring (bicyclic) bond motifs is 1. The number of pyridine rings is 1. The van der Waals surface area contributed by atoms with Crippen molar-refractivity contribution in [3.63, 3.8) is 0 Å². The van der Waals surface area contributed by atoms with Gasteiger partial charge in [-0.15, -0.1) is 11.8 Å². The molecule has 2 aromatic rings. The molecule has 1 aromatic carbocycles. The standard InChI is InChI=1S/C21H30N2OS/c1-5-6-7-8-9-13-19-16(2)21(24)18-12-10-11-14-20(18)23(19)15-22-17(3)25-4/h10-12,14H,5-9,13,15H2,1-4H3/b22-17+. The second-order valence-electron chi connectivity index (χ2n) is 6.53. The number of benzene rings is 1. The lowest BCUT2D eigenvalue weighted by atomic mass is 10.0. The fourth-order valence-electron chi connectivity index (χ4n) is 3.20. The van der Waals surface area contributed by atoms with Crippen LogP contribution in [-0.4, -0.2) is 15.9 Å². The number of unbranched alkanes of at least 4 members (excludes halogenated alkanes) is 4. The van der Waals surface area contributed by atoms with Crippen LogP contribution in [0, 0.1) is 6.92 Å². The number of rotatable bonds is 8. The van der Waals surface area contributed by atoms with Crippen LogP contribution in [0.2, 0.25) is 0 Å². The van der Waals surface area contributed by atoms with Crippen molar-refractivity contribution in [2.45, 2.75) is 66.0 Å². The smallest absolute Gasteiger partial charge is 0.192 e. The molecule has 1 aromatic heterocycles. The van der Waals surface area contributed by atoms with E-state index in [1.165, 1.54) is 25.7 Å². The summed E-state index contributed by atoms with van der Waals surface area (Å²) < 4.78 is 2.24.